The second-order valence-corrected chi connectivity index (χ2v) is 5.59. The van der Waals surface area contributed by atoms with Gasteiger partial charge < -0.3 is 16.4 Å². The molecular weight excluding hydrogens is 296 g/mol. The van der Waals surface area contributed by atoms with Crippen LogP contribution in [0.15, 0.2) is 18.2 Å². The smallest absolute Gasteiger partial charge is 0.269 e. The number of amides is 1. The van der Waals surface area contributed by atoms with E-state index in [2.05, 4.69) is 15.6 Å². The maximum atomic E-state index is 12.2. The summed E-state index contributed by atoms with van der Waals surface area (Å²) in [4.78, 5) is 16.6. The maximum absolute atomic E-state index is 12.2. The Morgan fingerprint density at radius 3 is 2.90 bits per heavy atom. The Hall–Kier alpha value is -1.79. The number of carbonyl (C=O) groups is 1. The molecule has 0 aliphatic carbocycles. The lowest BCUT2D eigenvalue weighted by molar-refractivity contribution is 0.103. The maximum Gasteiger partial charge on any atom is 0.269 e. The molecule has 0 saturated carbocycles. The second-order valence-electron chi connectivity index (χ2n) is 4.18. The van der Waals surface area contributed by atoms with Gasteiger partial charge in [-0.05, 0) is 31.5 Å². The normalized spacial score (nSPS) is 10.3. The molecule has 0 spiro atoms. The molecule has 2 aromatic rings. The molecule has 0 bridgehead atoms. The highest BCUT2D eigenvalue weighted by Crippen LogP contribution is 2.26. The number of carbonyl (C=O) groups excluding carboxylic acids is 1. The van der Waals surface area contributed by atoms with Crippen molar-refractivity contribution < 1.29 is 4.79 Å². The van der Waals surface area contributed by atoms with Gasteiger partial charge in [0.1, 0.15) is 10.7 Å². The molecule has 106 valence electrons. The average molecular weight is 311 g/mol. The van der Waals surface area contributed by atoms with Gasteiger partial charge in [-0.2, -0.15) is 0 Å². The van der Waals surface area contributed by atoms with Crippen molar-refractivity contribution >= 4 is 45.5 Å². The van der Waals surface area contributed by atoms with E-state index in [4.69, 9.17) is 17.3 Å². The van der Waals surface area contributed by atoms with E-state index in [1.54, 1.807) is 12.1 Å². The van der Waals surface area contributed by atoms with E-state index in [9.17, 15) is 4.79 Å². The summed E-state index contributed by atoms with van der Waals surface area (Å²) in [6, 6.07) is 5.34. The van der Waals surface area contributed by atoms with E-state index in [0.717, 1.165) is 12.1 Å². The summed E-state index contributed by atoms with van der Waals surface area (Å²) < 4.78 is 0. The van der Waals surface area contributed by atoms with E-state index < -0.39 is 0 Å². The Morgan fingerprint density at radius 1 is 1.50 bits per heavy atom. The zero-order valence-corrected chi connectivity index (χ0v) is 12.7. The average Bonchev–Trinajstić information content (AvgIpc) is 2.75. The summed E-state index contributed by atoms with van der Waals surface area (Å²) in [6.07, 6.45) is 0. The number of nitrogens with zero attached hydrogens (tertiary/aromatic N) is 1. The van der Waals surface area contributed by atoms with Gasteiger partial charge in [-0.15, -0.1) is 0 Å². The van der Waals surface area contributed by atoms with E-state index in [-0.39, 0.29) is 11.7 Å². The van der Waals surface area contributed by atoms with Gasteiger partial charge in [0.05, 0.1) is 0 Å². The molecule has 20 heavy (non-hydrogen) atoms. The van der Waals surface area contributed by atoms with Crippen LogP contribution in [-0.2, 0) is 0 Å². The molecule has 7 heteroatoms. The largest absolute Gasteiger partial charge is 0.382 e. The number of anilines is 3. The lowest BCUT2D eigenvalue weighted by Gasteiger charge is -2.05. The number of nitrogens with two attached hydrogens (primary N) is 1. The summed E-state index contributed by atoms with van der Waals surface area (Å²) in [5, 5.41) is 7.03. The minimum absolute atomic E-state index is 0.224. The fourth-order valence-electron chi connectivity index (χ4n) is 1.58. The molecule has 1 aromatic carbocycles. The second kappa shape index (κ2) is 6.11. The van der Waals surface area contributed by atoms with Gasteiger partial charge in [0.2, 0.25) is 0 Å². The summed E-state index contributed by atoms with van der Waals surface area (Å²) in [5.41, 5.74) is 7.34. The summed E-state index contributed by atoms with van der Waals surface area (Å²) in [6.45, 7) is 4.57. The lowest BCUT2D eigenvalue weighted by atomic mass is 10.2. The van der Waals surface area contributed by atoms with Crippen LogP contribution in [0.5, 0.6) is 0 Å². The number of halogens is 1. The molecule has 0 unspecified atom stereocenters. The van der Waals surface area contributed by atoms with Crippen molar-refractivity contribution in [1.82, 2.24) is 4.98 Å². The van der Waals surface area contributed by atoms with Crippen molar-refractivity contribution in [3.63, 3.8) is 0 Å². The zero-order valence-electron chi connectivity index (χ0n) is 11.2. The molecule has 2 rings (SSSR count). The van der Waals surface area contributed by atoms with Gasteiger partial charge in [-0.1, -0.05) is 29.0 Å². The Bertz CT molecular complexity index is 641. The van der Waals surface area contributed by atoms with E-state index in [1.807, 2.05) is 19.9 Å². The number of benzene rings is 1. The van der Waals surface area contributed by atoms with Crippen LogP contribution in [0.2, 0.25) is 5.02 Å². The van der Waals surface area contributed by atoms with Gasteiger partial charge >= 0.3 is 0 Å². The first-order chi connectivity index (χ1) is 9.51. The third-order valence-corrected chi connectivity index (χ3v) is 4.05. The SMILES string of the molecule is CCNc1nc(N)c(C(=O)Nc2ccc(C)c(Cl)c2)s1. The van der Waals surface area contributed by atoms with Crippen LogP contribution in [0.1, 0.15) is 22.2 Å². The Labute approximate surface area is 126 Å². The van der Waals surface area contributed by atoms with Gasteiger partial charge in [0.25, 0.3) is 5.91 Å². The topological polar surface area (TPSA) is 80.0 Å². The molecule has 0 aliphatic rings. The van der Waals surface area contributed by atoms with Crippen LogP contribution in [0, 0.1) is 6.92 Å². The first-order valence-corrected chi connectivity index (χ1v) is 7.28. The van der Waals surface area contributed by atoms with Gasteiger partial charge in [0, 0.05) is 17.3 Å². The van der Waals surface area contributed by atoms with Gasteiger partial charge in [-0.25, -0.2) is 4.98 Å². The van der Waals surface area contributed by atoms with Crippen molar-refractivity contribution in [2.24, 2.45) is 0 Å². The quantitative estimate of drug-likeness (QED) is 0.809. The van der Waals surface area contributed by atoms with Crippen LogP contribution in [0.25, 0.3) is 0 Å². The van der Waals surface area contributed by atoms with Gasteiger partial charge in [-0.3, -0.25) is 4.79 Å². The zero-order chi connectivity index (χ0) is 14.7. The number of rotatable bonds is 4. The number of aryl methyl sites for hydroxylation is 1. The first-order valence-electron chi connectivity index (χ1n) is 6.09. The molecule has 0 aliphatic heterocycles. The third-order valence-electron chi connectivity index (χ3n) is 2.62. The van der Waals surface area contributed by atoms with Crippen molar-refractivity contribution in [2.75, 3.05) is 22.9 Å². The number of nitrogens with one attached hydrogen (secondary N) is 2. The van der Waals surface area contributed by atoms with E-state index in [1.165, 1.54) is 11.3 Å². The molecule has 0 atom stereocenters. The van der Waals surface area contributed by atoms with E-state index >= 15 is 0 Å². The Morgan fingerprint density at radius 2 is 2.25 bits per heavy atom. The van der Waals surface area contributed by atoms with Crippen molar-refractivity contribution in [2.45, 2.75) is 13.8 Å². The van der Waals surface area contributed by atoms with E-state index in [0.29, 0.717) is 20.7 Å². The summed E-state index contributed by atoms with van der Waals surface area (Å²) >= 11 is 7.25. The van der Waals surface area contributed by atoms with Gasteiger partial charge in [0.15, 0.2) is 5.13 Å². The molecule has 5 nitrogen and oxygen atoms in total. The number of aromatic nitrogens is 1. The lowest BCUT2D eigenvalue weighted by Crippen LogP contribution is -2.12. The number of hydrogen-bond acceptors (Lipinski definition) is 5. The summed E-state index contributed by atoms with van der Waals surface area (Å²) in [5.74, 6) is -0.0641. The number of thiazole rings is 1. The monoisotopic (exact) mass is 310 g/mol. The molecule has 0 saturated heterocycles. The minimum atomic E-state index is -0.288. The standard InChI is InChI=1S/C13H15ClN4OS/c1-3-16-13-18-11(15)10(20-13)12(19)17-8-5-4-7(2)9(14)6-8/h4-6H,3,15H2,1-2H3,(H,16,18)(H,17,19). The minimum Gasteiger partial charge on any atom is -0.382 e. The fraction of sp³-hybridized carbons (Fsp3) is 0.231. The predicted molar refractivity (Wildman–Crippen MR) is 84.8 cm³/mol. The van der Waals surface area contributed by atoms with Crippen LogP contribution in [-0.4, -0.2) is 17.4 Å². The van der Waals surface area contributed by atoms with Crippen LogP contribution >= 0.6 is 22.9 Å². The van der Waals surface area contributed by atoms with Crippen molar-refractivity contribution in [3.05, 3.63) is 33.7 Å². The predicted octanol–water partition coefficient (Wildman–Crippen LogP) is 3.37. The van der Waals surface area contributed by atoms with Crippen LogP contribution in [0.4, 0.5) is 16.6 Å². The highest BCUT2D eigenvalue weighted by atomic mass is 35.5. The first kappa shape index (κ1) is 14.6. The molecule has 1 aromatic heterocycles. The molecule has 0 radical (unpaired) electrons. The number of hydrogen-bond donors (Lipinski definition) is 3. The fourth-order valence-corrected chi connectivity index (χ4v) is 2.61. The van der Waals surface area contributed by atoms with Crippen molar-refractivity contribution in [3.8, 4) is 0 Å². The van der Waals surface area contributed by atoms with Crippen molar-refractivity contribution in [1.29, 1.82) is 0 Å². The highest BCUT2D eigenvalue weighted by molar-refractivity contribution is 7.18. The molecule has 0 fully saturated rings. The molecule has 1 amide bonds. The molecular formula is C13H15ClN4OS. The molecule has 4 N–H and O–H groups in total. The third kappa shape index (κ3) is 3.20. The van der Waals surface area contributed by atoms with Crippen LogP contribution in [0.3, 0.4) is 0 Å². The van der Waals surface area contributed by atoms with Crippen LogP contribution < -0.4 is 16.4 Å². The molecule has 1 heterocycles. The highest BCUT2D eigenvalue weighted by Gasteiger charge is 2.16. The Balaban J connectivity index is 2.17. The number of nitrogen functional groups attached to an aromatic ring is 1. The summed E-state index contributed by atoms with van der Waals surface area (Å²) in [7, 11) is 0. The Kier molecular flexibility index (Phi) is 4.46.